The van der Waals surface area contributed by atoms with Crippen molar-refractivity contribution in [2.45, 2.75) is 18.9 Å². The summed E-state index contributed by atoms with van der Waals surface area (Å²) in [5, 5.41) is 0.0924. The Balaban J connectivity index is 1.93. The molecule has 20 heavy (non-hydrogen) atoms. The van der Waals surface area contributed by atoms with Gasteiger partial charge in [0.2, 0.25) is 0 Å². The number of carbonyl (C=O) groups is 1. The van der Waals surface area contributed by atoms with Crippen LogP contribution in [-0.2, 0) is 11.2 Å². The van der Waals surface area contributed by atoms with Crippen LogP contribution >= 0.6 is 11.6 Å². The second-order valence-corrected chi connectivity index (χ2v) is 5.97. The van der Waals surface area contributed by atoms with Gasteiger partial charge in [-0.1, -0.05) is 17.7 Å². The number of ketones is 1. The van der Waals surface area contributed by atoms with E-state index in [4.69, 9.17) is 11.6 Å². The number of nitrogens with zero attached hydrogens (tertiary/aromatic N) is 2. The summed E-state index contributed by atoms with van der Waals surface area (Å²) in [6.07, 6.45) is 0.771. The zero-order valence-electron chi connectivity index (χ0n) is 11.9. The molecule has 0 spiro atoms. The van der Waals surface area contributed by atoms with E-state index in [9.17, 15) is 9.18 Å². The highest BCUT2D eigenvalue weighted by atomic mass is 35.5. The van der Waals surface area contributed by atoms with Crippen LogP contribution in [0.3, 0.4) is 0 Å². The van der Waals surface area contributed by atoms with Crippen molar-refractivity contribution < 1.29 is 9.18 Å². The van der Waals surface area contributed by atoms with E-state index in [1.54, 1.807) is 6.07 Å². The van der Waals surface area contributed by atoms with Crippen molar-refractivity contribution in [2.24, 2.45) is 0 Å². The molecule has 110 valence electrons. The molecule has 1 atom stereocenters. The van der Waals surface area contributed by atoms with E-state index in [1.165, 1.54) is 12.1 Å². The predicted molar refractivity (Wildman–Crippen MR) is 78.7 cm³/mol. The average molecular weight is 299 g/mol. The largest absolute Gasteiger partial charge is 0.304 e. The summed E-state index contributed by atoms with van der Waals surface area (Å²) in [6.45, 7) is 2.91. The number of rotatable bonds is 4. The zero-order chi connectivity index (χ0) is 14.7. The van der Waals surface area contributed by atoms with Crippen molar-refractivity contribution in [1.29, 1.82) is 0 Å². The molecule has 1 heterocycles. The molecule has 1 aliphatic heterocycles. The van der Waals surface area contributed by atoms with Gasteiger partial charge in [-0.3, -0.25) is 4.79 Å². The molecule has 0 bridgehead atoms. The standard InChI is InChI=1S/C15H20ClFN2O/c1-18-5-6-19(2)12(10-18)9-13(20)7-11-3-4-14(16)15(17)8-11/h3-4,8,12H,5-7,9-10H2,1-2H3. The van der Waals surface area contributed by atoms with E-state index in [0.717, 1.165) is 19.6 Å². The van der Waals surface area contributed by atoms with Gasteiger partial charge in [0, 0.05) is 38.5 Å². The molecule has 1 aliphatic rings. The Hall–Kier alpha value is -0.970. The van der Waals surface area contributed by atoms with E-state index in [0.29, 0.717) is 12.0 Å². The summed E-state index contributed by atoms with van der Waals surface area (Å²) in [4.78, 5) is 16.6. The maximum atomic E-state index is 13.3. The van der Waals surface area contributed by atoms with Crippen molar-refractivity contribution in [2.75, 3.05) is 33.7 Å². The van der Waals surface area contributed by atoms with Crippen LogP contribution in [-0.4, -0.2) is 55.4 Å². The number of piperazine rings is 1. The van der Waals surface area contributed by atoms with Gasteiger partial charge in [0.1, 0.15) is 11.6 Å². The number of halogens is 2. The Morgan fingerprint density at radius 1 is 1.40 bits per heavy atom. The first-order valence-electron chi connectivity index (χ1n) is 6.80. The number of Topliss-reactive ketones (excluding diaryl/α,β-unsaturated/α-hetero) is 1. The number of hydrogen-bond acceptors (Lipinski definition) is 3. The molecule has 1 unspecified atom stereocenters. The number of likely N-dealkylation sites (N-methyl/N-ethyl adjacent to an activating group) is 2. The van der Waals surface area contributed by atoms with Gasteiger partial charge >= 0.3 is 0 Å². The number of benzene rings is 1. The quantitative estimate of drug-likeness (QED) is 0.852. The van der Waals surface area contributed by atoms with Gasteiger partial charge in [0.15, 0.2) is 0 Å². The molecule has 5 heteroatoms. The van der Waals surface area contributed by atoms with Gasteiger partial charge in [-0.05, 0) is 31.8 Å². The van der Waals surface area contributed by atoms with Crippen molar-refractivity contribution in [3.8, 4) is 0 Å². The molecule has 0 aliphatic carbocycles. The predicted octanol–water partition coefficient (Wildman–Crippen LogP) is 2.23. The molecule has 0 amide bonds. The van der Waals surface area contributed by atoms with Gasteiger partial charge in [-0.15, -0.1) is 0 Å². The lowest BCUT2D eigenvalue weighted by Gasteiger charge is -2.37. The lowest BCUT2D eigenvalue weighted by molar-refractivity contribution is -0.120. The Morgan fingerprint density at radius 2 is 2.15 bits per heavy atom. The van der Waals surface area contributed by atoms with Crippen molar-refractivity contribution in [3.63, 3.8) is 0 Å². The lowest BCUT2D eigenvalue weighted by atomic mass is 10.0. The molecule has 0 saturated carbocycles. The molecular weight excluding hydrogens is 279 g/mol. The van der Waals surface area contributed by atoms with E-state index in [2.05, 4.69) is 16.8 Å². The molecule has 1 saturated heterocycles. The first kappa shape index (κ1) is 15.4. The fourth-order valence-corrected chi connectivity index (χ4v) is 2.65. The average Bonchev–Trinajstić information content (AvgIpc) is 2.38. The van der Waals surface area contributed by atoms with Gasteiger partial charge in [-0.25, -0.2) is 4.39 Å². The highest BCUT2D eigenvalue weighted by Crippen LogP contribution is 2.17. The van der Waals surface area contributed by atoms with E-state index in [1.807, 2.05) is 7.05 Å². The summed E-state index contributed by atoms with van der Waals surface area (Å²) in [5.41, 5.74) is 0.684. The highest BCUT2D eigenvalue weighted by molar-refractivity contribution is 6.30. The fraction of sp³-hybridized carbons (Fsp3) is 0.533. The SMILES string of the molecule is CN1CCN(C)C(CC(=O)Cc2ccc(Cl)c(F)c2)C1. The number of carbonyl (C=O) groups excluding carboxylic acids is 1. The van der Waals surface area contributed by atoms with E-state index < -0.39 is 5.82 Å². The van der Waals surface area contributed by atoms with Crippen LogP contribution in [0.25, 0.3) is 0 Å². The molecule has 3 nitrogen and oxygen atoms in total. The normalized spacial score (nSPS) is 21.1. The molecule has 1 fully saturated rings. The summed E-state index contributed by atoms with van der Waals surface area (Å²) < 4.78 is 13.3. The third-order valence-corrected chi connectivity index (χ3v) is 4.14. The van der Waals surface area contributed by atoms with Gasteiger partial charge in [0.05, 0.1) is 5.02 Å². The third kappa shape index (κ3) is 4.01. The maximum Gasteiger partial charge on any atom is 0.142 e. The zero-order valence-corrected chi connectivity index (χ0v) is 12.7. The topological polar surface area (TPSA) is 23.6 Å². The summed E-state index contributed by atoms with van der Waals surface area (Å²) in [6, 6.07) is 4.80. The summed E-state index contributed by atoms with van der Waals surface area (Å²) >= 11 is 5.64. The highest BCUT2D eigenvalue weighted by Gasteiger charge is 2.24. The monoisotopic (exact) mass is 298 g/mol. The fourth-order valence-electron chi connectivity index (χ4n) is 2.53. The molecule has 0 aromatic heterocycles. The first-order chi connectivity index (χ1) is 9.45. The van der Waals surface area contributed by atoms with Crippen molar-refractivity contribution in [3.05, 3.63) is 34.6 Å². The molecular formula is C15H20ClFN2O. The third-order valence-electron chi connectivity index (χ3n) is 3.83. The Bertz CT molecular complexity index is 495. The molecule has 1 aromatic rings. The van der Waals surface area contributed by atoms with Crippen LogP contribution in [0.1, 0.15) is 12.0 Å². The summed E-state index contributed by atoms with van der Waals surface area (Å²) in [5.74, 6) is -0.328. The van der Waals surface area contributed by atoms with E-state index in [-0.39, 0.29) is 23.3 Å². The molecule has 1 aromatic carbocycles. The summed E-state index contributed by atoms with van der Waals surface area (Å²) in [7, 11) is 4.12. The van der Waals surface area contributed by atoms with Crippen molar-refractivity contribution >= 4 is 17.4 Å². The Morgan fingerprint density at radius 3 is 2.85 bits per heavy atom. The second kappa shape index (κ2) is 6.66. The van der Waals surface area contributed by atoms with Crippen LogP contribution < -0.4 is 0 Å². The van der Waals surface area contributed by atoms with Crippen LogP contribution in [0.2, 0.25) is 5.02 Å². The first-order valence-corrected chi connectivity index (χ1v) is 7.18. The van der Waals surface area contributed by atoms with Gasteiger partial charge < -0.3 is 9.80 Å². The van der Waals surface area contributed by atoms with Crippen LogP contribution in [0.4, 0.5) is 4.39 Å². The smallest absolute Gasteiger partial charge is 0.142 e. The van der Waals surface area contributed by atoms with Crippen LogP contribution in [0.15, 0.2) is 18.2 Å². The number of hydrogen-bond donors (Lipinski definition) is 0. The molecule has 0 N–H and O–H groups in total. The molecule has 0 radical (unpaired) electrons. The van der Waals surface area contributed by atoms with Crippen molar-refractivity contribution in [1.82, 2.24) is 9.80 Å². The molecule has 2 rings (SSSR count). The Kier molecular flexibility index (Phi) is 5.13. The van der Waals surface area contributed by atoms with Gasteiger partial charge in [0.25, 0.3) is 0 Å². The van der Waals surface area contributed by atoms with Gasteiger partial charge in [-0.2, -0.15) is 0 Å². The minimum Gasteiger partial charge on any atom is -0.304 e. The van der Waals surface area contributed by atoms with Crippen LogP contribution in [0.5, 0.6) is 0 Å². The Labute approximate surface area is 124 Å². The second-order valence-electron chi connectivity index (χ2n) is 5.56. The minimum absolute atomic E-state index is 0.0924. The van der Waals surface area contributed by atoms with E-state index >= 15 is 0 Å². The maximum absolute atomic E-state index is 13.3. The minimum atomic E-state index is -0.466. The lowest BCUT2D eigenvalue weighted by Crippen LogP contribution is -2.50. The van der Waals surface area contributed by atoms with Crippen LogP contribution in [0, 0.1) is 5.82 Å².